The van der Waals surface area contributed by atoms with E-state index in [0.29, 0.717) is 12.1 Å². The minimum atomic E-state index is 0.383. The molecule has 3 atom stereocenters. The standard InChI is InChI=1S/C16H24N2/c1-12(16-7-2-3-10-17-16)18-15-6-4-5-14(11-15)13-8-9-13/h2-3,7,10,12-15,18H,4-6,8-9,11H2,1H3/t12-,14?,15?/m0/s1. The fourth-order valence-electron chi connectivity index (χ4n) is 3.45. The first-order valence-electron chi connectivity index (χ1n) is 7.50. The van der Waals surface area contributed by atoms with Crippen LogP contribution in [0.3, 0.4) is 0 Å². The third-order valence-electron chi connectivity index (χ3n) is 4.62. The van der Waals surface area contributed by atoms with Gasteiger partial charge in [-0.15, -0.1) is 0 Å². The maximum absolute atomic E-state index is 4.45. The average Bonchev–Trinajstić information content (AvgIpc) is 3.24. The Morgan fingerprint density at radius 1 is 1.17 bits per heavy atom. The van der Waals surface area contributed by atoms with E-state index in [1.165, 1.54) is 44.2 Å². The summed E-state index contributed by atoms with van der Waals surface area (Å²) in [5.41, 5.74) is 1.17. The molecule has 0 bridgehead atoms. The molecule has 2 aliphatic carbocycles. The molecule has 1 aromatic heterocycles. The van der Waals surface area contributed by atoms with Gasteiger partial charge in [0, 0.05) is 18.3 Å². The smallest absolute Gasteiger partial charge is 0.0570 e. The minimum absolute atomic E-state index is 0.383. The molecule has 2 saturated carbocycles. The summed E-state index contributed by atoms with van der Waals surface area (Å²) in [6, 6.07) is 7.28. The van der Waals surface area contributed by atoms with Crippen molar-refractivity contribution in [2.75, 3.05) is 0 Å². The van der Waals surface area contributed by atoms with E-state index in [1.54, 1.807) is 0 Å². The first kappa shape index (κ1) is 12.2. The van der Waals surface area contributed by atoms with E-state index in [0.717, 1.165) is 11.8 Å². The van der Waals surface area contributed by atoms with Crippen molar-refractivity contribution in [1.29, 1.82) is 0 Å². The first-order valence-corrected chi connectivity index (χ1v) is 7.50. The Morgan fingerprint density at radius 2 is 2.06 bits per heavy atom. The number of hydrogen-bond donors (Lipinski definition) is 1. The summed E-state index contributed by atoms with van der Waals surface area (Å²) >= 11 is 0. The molecule has 0 saturated heterocycles. The van der Waals surface area contributed by atoms with Crippen molar-refractivity contribution in [3.05, 3.63) is 30.1 Å². The van der Waals surface area contributed by atoms with Crippen LogP contribution in [0.4, 0.5) is 0 Å². The molecule has 1 heterocycles. The van der Waals surface area contributed by atoms with Gasteiger partial charge >= 0.3 is 0 Å². The van der Waals surface area contributed by atoms with E-state index < -0.39 is 0 Å². The molecule has 0 amide bonds. The van der Waals surface area contributed by atoms with E-state index in [9.17, 15) is 0 Å². The molecule has 1 N–H and O–H groups in total. The highest BCUT2D eigenvalue weighted by Gasteiger charge is 2.34. The molecule has 98 valence electrons. The van der Waals surface area contributed by atoms with Crippen LogP contribution < -0.4 is 5.32 Å². The lowest BCUT2D eigenvalue weighted by Crippen LogP contribution is -2.36. The topological polar surface area (TPSA) is 24.9 Å². The fourth-order valence-corrected chi connectivity index (χ4v) is 3.45. The predicted molar refractivity (Wildman–Crippen MR) is 74.3 cm³/mol. The van der Waals surface area contributed by atoms with Gasteiger partial charge in [-0.05, 0) is 56.6 Å². The Labute approximate surface area is 110 Å². The second-order valence-electron chi connectivity index (χ2n) is 6.10. The molecule has 0 aliphatic heterocycles. The lowest BCUT2D eigenvalue weighted by atomic mass is 9.82. The SMILES string of the molecule is C[C@H](NC1CCCC(C2CC2)C1)c1ccccn1. The summed E-state index contributed by atoms with van der Waals surface area (Å²) in [4.78, 5) is 4.45. The Morgan fingerprint density at radius 3 is 2.78 bits per heavy atom. The van der Waals surface area contributed by atoms with E-state index >= 15 is 0 Å². The molecule has 1 aromatic rings. The molecule has 3 rings (SSSR count). The zero-order valence-electron chi connectivity index (χ0n) is 11.3. The molecular formula is C16H24N2. The van der Waals surface area contributed by atoms with Gasteiger partial charge in [-0.2, -0.15) is 0 Å². The zero-order chi connectivity index (χ0) is 12.4. The highest BCUT2D eigenvalue weighted by Crippen LogP contribution is 2.44. The second-order valence-corrected chi connectivity index (χ2v) is 6.10. The summed E-state index contributed by atoms with van der Waals surface area (Å²) in [6.07, 6.45) is 10.5. The third-order valence-corrected chi connectivity index (χ3v) is 4.62. The van der Waals surface area contributed by atoms with Crippen LogP contribution in [0.15, 0.2) is 24.4 Å². The maximum atomic E-state index is 4.45. The monoisotopic (exact) mass is 244 g/mol. The van der Waals surface area contributed by atoms with Gasteiger partial charge in [-0.1, -0.05) is 18.9 Å². The highest BCUT2D eigenvalue weighted by molar-refractivity contribution is 5.08. The quantitative estimate of drug-likeness (QED) is 0.873. The molecule has 0 spiro atoms. The number of aromatic nitrogens is 1. The molecule has 2 heteroatoms. The summed E-state index contributed by atoms with van der Waals surface area (Å²) in [7, 11) is 0. The van der Waals surface area contributed by atoms with Crippen LogP contribution in [0.2, 0.25) is 0 Å². The minimum Gasteiger partial charge on any atom is -0.306 e. The van der Waals surface area contributed by atoms with Crippen molar-refractivity contribution in [2.24, 2.45) is 11.8 Å². The van der Waals surface area contributed by atoms with Crippen LogP contribution in [-0.4, -0.2) is 11.0 Å². The maximum Gasteiger partial charge on any atom is 0.0570 e. The predicted octanol–water partition coefficient (Wildman–Crippen LogP) is 3.70. The summed E-state index contributed by atoms with van der Waals surface area (Å²) < 4.78 is 0. The number of nitrogens with one attached hydrogen (secondary N) is 1. The van der Waals surface area contributed by atoms with E-state index in [4.69, 9.17) is 0 Å². The van der Waals surface area contributed by atoms with Crippen molar-refractivity contribution < 1.29 is 0 Å². The Bertz CT molecular complexity index is 372. The van der Waals surface area contributed by atoms with Gasteiger partial charge in [0.1, 0.15) is 0 Å². The Kier molecular flexibility index (Phi) is 3.64. The third kappa shape index (κ3) is 2.92. The van der Waals surface area contributed by atoms with Gasteiger partial charge in [0.15, 0.2) is 0 Å². The van der Waals surface area contributed by atoms with E-state index in [1.807, 2.05) is 12.3 Å². The molecule has 18 heavy (non-hydrogen) atoms. The van der Waals surface area contributed by atoms with Crippen LogP contribution in [0.25, 0.3) is 0 Å². The molecule has 2 aliphatic rings. The largest absolute Gasteiger partial charge is 0.306 e. The van der Waals surface area contributed by atoms with Gasteiger partial charge in [0.05, 0.1) is 5.69 Å². The normalized spacial score (nSPS) is 30.1. The molecule has 0 aromatic carbocycles. The number of pyridine rings is 1. The fraction of sp³-hybridized carbons (Fsp3) is 0.688. The van der Waals surface area contributed by atoms with Crippen LogP contribution in [0.1, 0.15) is 57.2 Å². The zero-order valence-corrected chi connectivity index (χ0v) is 11.3. The Hall–Kier alpha value is -0.890. The van der Waals surface area contributed by atoms with Crippen molar-refractivity contribution in [3.63, 3.8) is 0 Å². The molecule has 2 unspecified atom stereocenters. The summed E-state index contributed by atoms with van der Waals surface area (Å²) in [5.74, 6) is 2.08. The molecule has 2 fully saturated rings. The number of rotatable bonds is 4. The van der Waals surface area contributed by atoms with Gasteiger partial charge in [0.2, 0.25) is 0 Å². The lowest BCUT2D eigenvalue weighted by molar-refractivity contribution is 0.248. The molecule has 0 radical (unpaired) electrons. The van der Waals surface area contributed by atoms with Crippen LogP contribution in [-0.2, 0) is 0 Å². The lowest BCUT2D eigenvalue weighted by Gasteiger charge is -2.32. The first-order chi connectivity index (χ1) is 8.83. The van der Waals surface area contributed by atoms with Crippen molar-refractivity contribution in [3.8, 4) is 0 Å². The second kappa shape index (κ2) is 5.40. The summed E-state index contributed by atoms with van der Waals surface area (Å²) in [6.45, 7) is 2.24. The van der Waals surface area contributed by atoms with Crippen molar-refractivity contribution in [2.45, 2.75) is 57.5 Å². The van der Waals surface area contributed by atoms with E-state index in [2.05, 4.69) is 29.4 Å². The van der Waals surface area contributed by atoms with Gasteiger partial charge in [0.25, 0.3) is 0 Å². The van der Waals surface area contributed by atoms with Crippen LogP contribution in [0.5, 0.6) is 0 Å². The highest BCUT2D eigenvalue weighted by atomic mass is 15.0. The number of nitrogens with zero attached hydrogens (tertiary/aromatic N) is 1. The van der Waals surface area contributed by atoms with Crippen LogP contribution >= 0.6 is 0 Å². The van der Waals surface area contributed by atoms with Gasteiger partial charge < -0.3 is 5.32 Å². The summed E-state index contributed by atoms with van der Waals surface area (Å²) in [5, 5.41) is 3.79. The van der Waals surface area contributed by atoms with Crippen molar-refractivity contribution >= 4 is 0 Å². The van der Waals surface area contributed by atoms with E-state index in [-0.39, 0.29) is 0 Å². The number of hydrogen-bond acceptors (Lipinski definition) is 2. The molecular weight excluding hydrogens is 220 g/mol. The Balaban J connectivity index is 1.55. The average molecular weight is 244 g/mol. The van der Waals surface area contributed by atoms with Crippen LogP contribution in [0, 0.1) is 11.8 Å². The van der Waals surface area contributed by atoms with Crippen molar-refractivity contribution in [1.82, 2.24) is 10.3 Å². The molecule has 2 nitrogen and oxygen atoms in total. The van der Waals surface area contributed by atoms with Gasteiger partial charge in [-0.3, -0.25) is 4.98 Å². The van der Waals surface area contributed by atoms with Gasteiger partial charge in [-0.25, -0.2) is 0 Å².